The van der Waals surface area contributed by atoms with Crippen molar-refractivity contribution in [3.05, 3.63) is 24.3 Å². The van der Waals surface area contributed by atoms with Crippen LogP contribution in [0.5, 0.6) is 0 Å². The Kier molecular flexibility index (Phi) is 7.26. The maximum Gasteiger partial charge on any atom is 0.186 e. The standard InChI is InChI=1S/C16H28FN/c1-3-5-7-11-15-18(14-6-4-2)16(17)12-9-8-10-13-16/h8-10,12H,3-7,11,13-15H2,1-2H3. The molecular weight excluding hydrogens is 225 g/mol. The quantitative estimate of drug-likeness (QED) is 0.419. The van der Waals surface area contributed by atoms with Gasteiger partial charge in [0.2, 0.25) is 0 Å². The molecule has 18 heavy (non-hydrogen) atoms. The lowest BCUT2D eigenvalue weighted by molar-refractivity contribution is 0.00766. The minimum absolute atomic E-state index is 0.501. The third-order valence-electron chi connectivity index (χ3n) is 3.59. The zero-order chi connectivity index (χ0) is 13.3. The van der Waals surface area contributed by atoms with Crippen molar-refractivity contribution in [3.8, 4) is 0 Å². The molecule has 0 aliphatic heterocycles. The van der Waals surface area contributed by atoms with Gasteiger partial charge in [0.05, 0.1) is 0 Å². The second kappa shape index (κ2) is 8.47. The summed E-state index contributed by atoms with van der Waals surface area (Å²) in [5.74, 6) is -1.24. The Morgan fingerprint density at radius 2 is 1.72 bits per heavy atom. The summed E-state index contributed by atoms with van der Waals surface area (Å²) in [5, 5.41) is 0. The maximum atomic E-state index is 14.9. The van der Waals surface area contributed by atoms with E-state index in [9.17, 15) is 4.39 Å². The lowest BCUT2D eigenvalue weighted by Gasteiger charge is -2.36. The summed E-state index contributed by atoms with van der Waals surface area (Å²) in [4.78, 5) is 2.03. The number of allylic oxidation sites excluding steroid dienone is 2. The molecule has 0 bridgehead atoms. The van der Waals surface area contributed by atoms with E-state index in [-0.39, 0.29) is 0 Å². The highest BCUT2D eigenvalue weighted by molar-refractivity contribution is 5.17. The third kappa shape index (κ3) is 4.93. The van der Waals surface area contributed by atoms with Gasteiger partial charge in [0, 0.05) is 19.5 Å². The van der Waals surface area contributed by atoms with Crippen LogP contribution in [0.2, 0.25) is 0 Å². The molecule has 0 aromatic heterocycles. The molecule has 1 aliphatic rings. The van der Waals surface area contributed by atoms with Crippen LogP contribution < -0.4 is 0 Å². The predicted octanol–water partition coefficient (Wildman–Crippen LogP) is 4.85. The molecular formula is C16H28FN. The molecule has 1 unspecified atom stereocenters. The van der Waals surface area contributed by atoms with E-state index in [0.29, 0.717) is 6.42 Å². The van der Waals surface area contributed by atoms with Gasteiger partial charge in [-0.05, 0) is 18.9 Å². The van der Waals surface area contributed by atoms with Crippen molar-refractivity contribution < 1.29 is 4.39 Å². The number of hydrogen-bond donors (Lipinski definition) is 0. The molecule has 0 aromatic rings. The zero-order valence-corrected chi connectivity index (χ0v) is 12.0. The van der Waals surface area contributed by atoms with E-state index >= 15 is 0 Å². The monoisotopic (exact) mass is 253 g/mol. The van der Waals surface area contributed by atoms with E-state index < -0.39 is 5.79 Å². The summed E-state index contributed by atoms with van der Waals surface area (Å²) in [5.41, 5.74) is 0. The number of rotatable bonds is 9. The highest BCUT2D eigenvalue weighted by Gasteiger charge is 2.32. The van der Waals surface area contributed by atoms with Crippen LogP contribution >= 0.6 is 0 Å². The molecule has 0 aromatic carbocycles. The average Bonchev–Trinajstić information content (AvgIpc) is 2.38. The first kappa shape index (κ1) is 15.4. The number of halogens is 1. The first-order valence-corrected chi connectivity index (χ1v) is 7.51. The minimum Gasteiger partial charge on any atom is -0.268 e. The fraction of sp³-hybridized carbons (Fsp3) is 0.750. The van der Waals surface area contributed by atoms with Gasteiger partial charge >= 0.3 is 0 Å². The van der Waals surface area contributed by atoms with Crippen LogP contribution in [0.4, 0.5) is 4.39 Å². The Morgan fingerprint density at radius 1 is 1.00 bits per heavy atom. The maximum absolute atomic E-state index is 14.9. The van der Waals surface area contributed by atoms with Gasteiger partial charge in [-0.15, -0.1) is 0 Å². The Balaban J connectivity index is 2.48. The molecule has 1 nitrogen and oxygen atoms in total. The second-order valence-corrected chi connectivity index (χ2v) is 5.21. The topological polar surface area (TPSA) is 3.24 Å². The molecule has 2 heteroatoms. The van der Waals surface area contributed by atoms with Crippen LogP contribution in [0.25, 0.3) is 0 Å². The van der Waals surface area contributed by atoms with Gasteiger partial charge in [0.25, 0.3) is 0 Å². The van der Waals surface area contributed by atoms with E-state index in [2.05, 4.69) is 13.8 Å². The Labute approximate surface area is 112 Å². The Hall–Kier alpha value is -0.630. The smallest absolute Gasteiger partial charge is 0.186 e. The van der Waals surface area contributed by atoms with E-state index in [0.717, 1.165) is 32.4 Å². The van der Waals surface area contributed by atoms with Gasteiger partial charge < -0.3 is 0 Å². The normalized spacial score (nSPS) is 22.9. The van der Waals surface area contributed by atoms with Crippen molar-refractivity contribution in [1.29, 1.82) is 0 Å². The van der Waals surface area contributed by atoms with Crippen LogP contribution in [0.3, 0.4) is 0 Å². The zero-order valence-electron chi connectivity index (χ0n) is 12.0. The molecule has 0 amide bonds. The second-order valence-electron chi connectivity index (χ2n) is 5.21. The van der Waals surface area contributed by atoms with Crippen molar-refractivity contribution in [2.45, 2.75) is 64.6 Å². The van der Waals surface area contributed by atoms with Gasteiger partial charge in [-0.2, -0.15) is 0 Å². The summed E-state index contributed by atoms with van der Waals surface area (Å²) in [6.45, 7) is 6.13. The van der Waals surface area contributed by atoms with E-state index in [1.807, 2.05) is 23.1 Å². The fourth-order valence-corrected chi connectivity index (χ4v) is 2.38. The molecule has 0 heterocycles. The molecule has 0 N–H and O–H groups in total. The summed E-state index contributed by atoms with van der Waals surface area (Å²) in [6.07, 6.45) is 15.0. The van der Waals surface area contributed by atoms with Crippen LogP contribution in [0.1, 0.15) is 58.8 Å². The first-order valence-electron chi connectivity index (χ1n) is 7.51. The van der Waals surface area contributed by atoms with Crippen LogP contribution in [-0.4, -0.2) is 23.8 Å². The van der Waals surface area contributed by atoms with Crippen molar-refractivity contribution in [2.75, 3.05) is 13.1 Å². The van der Waals surface area contributed by atoms with Gasteiger partial charge in [-0.3, -0.25) is 4.90 Å². The number of nitrogens with zero attached hydrogens (tertiary/aromatic N) is 1. The van der Waals surface area contributed by atoms with E-state index in [1.54, 1.807) is 6.08 Å². The molecule has 1 aliphatic carbocycles. The highest BCUT2D eigenvalue weighted by Crippen LogP contribution is 2.28. The highest BCUT2D eigenvalue weighted by atomic mass is 19.1. The van der Waals surface area contributed by atoms with Crippen molar-refractivity contribution in [3.63, 3.8) is 0 Å². The fourth-order valence-electron chi connectivity index (χ4n) is 2.38. The SMILES string of the molecule is CCCCCCN(CCCC)C1(F)C=CC=CC1. The first-order chi connectivity index (χ1) is 8.73. The minimum atomic E-state index is -1.24. The van der Waals surface area contributed by atoms with Gasteiger partial charge in [-0.1, -0.05) is 57.8 Å². The van der Waals surface area contributed by atoms with Crippen molar-refractivity contribution >= 4 is 0 Å². The van der Waals surface area contributed by atoms with Crippen LogP contribution in [0.15, 0.2) is 24.3 Å². The van der Waals surface area contributed by atoms with Crippen molar-refractivity contribution in [1.82, 2.24) is 4.90 Å². The van der Waals surface area contributed by atoms with E-state index in [1.165, 1.54) is 19.3 Å². The molecule has 0 saturated carbocycles. The Morgan fingerprint density at radius 3 is 2.33 bits per heavy atom. The summed E-state index contributed by atoms with van der Waals surface area (Å²) in [7, 11) is 0. The van der Waals surface area contributed by atoms with Crippen LogP contribution in [0, 0.1) is 0 Å². The summed E-state index contributed by atoms with van der Waals surface area (Å²) in [6, 6.07) is 0. The Bertz CT molecular complexity index is 272. The van der Waals surface area contributed by atoms with Gasteiger partial charge in [0.15, 0.2) is 5.79 Å². The molecule has 0 saturated heterocycles. The molecule has 0 radical (unpaired) electrons. The molecule has 0 spiro atoms. The number of hydrogen-bond acceptors (Lipinski definition) is 1. The predicted molar refractivity (Wildman–Crippen MR) is 77.4 cm³/mol. The summed E-state index contributed by atoms with van der Waals surface area (Å²) < 4.78 is 14.9. The van der Waals surface area contributed by atoms with E-state index in [4.69, 9.17) is 0 Å². The molecule has 1 rings (SSSR count). The number of alkyl halides is 1. The largest absolute Gasteiger partial charge is 0.268 e. The lowest BCUT2D eigenvalue weighted by atomic mass is 10.0. The van der Waals surface area contributed by atoms with Crippen molar-refractivity contribution in [2.24, 2.45) is 0 Å². The lowest BCUT2D eigenvalue weighted by Crippen LogP contribution is -2.45. The average molecular weight is 253 g/mol. The summed E-state index contributed by atoms with van der Waals surface area (Å²) >= 11 is 0. The van der Waals surface area contributed by atoms with Crippen LogP contribution in [-0.2, 0) is 0 Å². The number of unbranched alkanes of at least 4 members (excludes halogenated alkanes) is 4. The molecule has 0 fully saturated rings. The molecule has 1 atom stereocenters. The van der Waals surface area contributed by atoms with Gasteiger partial charge in [0.1, 0.15) is 0 Å². The molecule has 104 valence electrons. The third-order valence-corrected chi connectivity index (χ3v) is 3.59. The van der Waals surface area contributed by atoms with Gasteiger partial charge in [-0.25, -0.2) is 4.39 Å².